The molecule has 0 spiro atoms. The Morgan fingerprint density at radius 3 is 3.00 bits per heavy atom. The molecule has 0 saturated carbocycles. The zero-order valence-corrected chi connectivity index (χ0v) is 11.3. The smallest absolute Gasteiger partial charge is 0.341 e. The van der Waals surface area contributed by atoms with Crippen molar-refractivity contribution >= 4 is 12.0 Å². The highest BCUT2D eigenvalue weighted by Crippen LogP contribution is 2.40. The lowest BCUT2D eigenvalue weighted by Gasteiger charge is -2.14. The van der Waals surface area contributed by atoms with E-state index in [-0.39, 0.29) is 16.9 Å². The van der Waals surface area contributed by atoms with E-state index in [2.05, 4.69) is 4.98 Å². The number of aromatic nitrogens is 2. The average molecular weight is 288 g/mol. The van der Waals surface area contributed by atoms with Gasteiger partial charge in [-0.2, -0.15) is 4.39 Å². The van der Waals surface area contributed by atoms with Crippen molar-refractivity contribution in [1.29, 1.82) is 0 Å². The first kappa shape index (κ1) is 13.4. The SMILES string of the molecule is COc1c(C(=O)O)c2n(c1-c1cccnc1F)CCC=C2. The van der Waals surface area contributed by atoms with Crippen LogP contribution in [0, 0.1) is 5.95 Å². The highest BCUT2D eigenvalue weighted by molar-refractivity contribution is 5.98. The fourth-order valence-electron chi connectivity index (χ4n) is 2.65. The molecule has 0 amide bonds. The fourth-order valence-corrected chi connectivity index (χ4v) is 2.65. The van der Waals surface area contributed by atoms with Crippen molar-refractivity contribution in [1.82, 2.24) is 9.55 Å². The predicted octanol–water partition coefficient (Wildman–Crippen LogP) is 2.81. The number of carboxylic acid groups (broad SMARTS) is 1. The highest BCUT2D eigenvalue weighted by Gasteiger charge is 2.29. The van der Waals surface area contributed by atoms with Crippen LogP contribution < -0.4 is 4.74 Å². The highest BCUT2D eigenvalue weighted by atomic mass is 19.1. The second kappa shape index (κ2) is 5.05. The molecule has 6 heteroatoms. The van der Waals surface area contributed by atoms with Gasteiger partial charge in [0.2, 0.25) is 5.95 Å². The third kappa shape index (κ3) is 1.99. The van der Waals surface area contributed by atoms with E-state index in [0.29, 0.717) is 17.9 Å². The zero-order chi connectivity index (χ0) is 15.0. The van der Waals surface area contributed by atoms with Crippen LogP contribution in [0.2, 0.25) is 0 Å². The number of methoxy groups -OCH3 is 1. The molecule has 2 aromatic rings. The van der Waals surface area contributed by atoms with Crippen LogP contribution in [0.25, 0.3) is 17.3 Å². The van der Waals surface area contributed by atoms with Crippen molar-refractivity contribution in [3.05, 3.63) is 41.6 Å². The monoisotopic (exact) mass is 288 g/mol. The minimum Gasteiger partial charge on any atom is -0.494 e. The summed E-state index contributed by atoms with van der Waals surface area (Å²) >= 11 is 0. The Labute approximate surface area is 120 Å². The van der Waals surface area contributed by atoms with E-state index in [1.807, 2.05) is 6.08 Å². The molecule has 0 unspecified atom stereocenters. The quantitative estimate of drug-likeness (QED) is 0.882. The second-order valence-electron chi connectivity index (χ2n) is 4.63. The first-order chi connectivity index (χ1) is 10.1. The molecule has 21 heavy (non-hydrogen) atoms. The molecule has 0 aliphatic carbocycles. The molecule has 2 aromatic heterocycles. The third-order valence-electron chi connectivity index (χ3n) is 3.49. The summed E-state index contributed by atoms with van der Waals surface area (Å²) in [5, 5.41) is 9.45. The van der Waals surface area contributed by atoms with Crippen molar-refractivity contribution in [2.75, 3.05) is 7.11 Å². The van der Waals surface area contributed by atoms with E-state index in [0.717, 1.165) is 6.42 Å². The molecular weight excluding hydrogens is 275 g/mol. The van der Waals surface area contributed by atoms with E-state index in [1.54, 1.807) is 22.8 Å². The number of hydrogen-bond donors (Lipinski definition) is 1. The van der Waals surface area contributed by atoms with Gasteiger partial charge in [-0.15, -0.1) is 0 Å². The molecule has 0 atom stereocenters. The van der Waals surface area contributed by atoms with Gasteiger partial charge in [-0.05, 0) is 24.6 Å². The zero-order valence-electron chi connectivity index (χ0n) is 11.3. The summed E-state index contributed by atoms with van der Waals surface area (Å²) in [5.74, 6) is -1.59. The Bertz CT molecular complexity index is 750. The summed E-state index contributed by atoms with van der Waals surface area (Å²) < 4.78 is 21.1. The van der Waals surface area contributed by atoms with Gasteiger partial charge in [-0.3, -0.25) is 0 Å². The molecule has 1 aliphatic rings. The number of carbonyl (C=O) groups is 1. The van der Waals surface area contributed by atoms with Gasteiger partial charge in [0.25, 0.3) is 0 Å². The molecule has 108 valence electrons. The van der Waals surface area contributed by atoms with Crippen LogP contribution in [-0.4, -0.2) is 27.7 Å². The number of allylic oxidation sites excluding steroid dienone is 1. The number of rotatable bonds is 3. The fraction of sp³-hybridized carbons (Fsp3) is 0.200. The van der Waals surface area contributed by atoms with Crippen LogP contribution in [-0.2, 0) is 6.54 Å². The first-order valence-electron chi connectivity index (χ1n) is 6.46. The van der Waals surface area contributed by atoms with Gasteiger partial charge in [0.05, 0.1) is 24.1 Å². The minimum absolute atomic E-state index is 0.0479. The van der Waals surface area contributed by atoms with Crippen LogP contribution >= 0.6 is 0 Å². The number of ether oxygens (including phenoxy) is 1. The molecule has 1 aliphatic heterocycles. The van der Waals surface area contributed by atoms with Gasteiger partial charge in [0.1, 0.15) is 5.56 Å². The molecule has 0 bridgehead atoms. The summed E-state index contributed by atoms with van der Waals surface area (Å²) in [4.78, 5) is 15.2. The second-order valence-corrected chi connectivity index (χ2v) is 4.63. The topological polar surface area (TPSA) is 64.3 Å². The van der Waals surface area contributed by atoms with Crippen molar-refractivity contribution in [3.63, 3.8) is 0 Å². The van der Waals surface area contributed by atoms with Crippen molar-refractivity contribution in [2.24, 2.45) is 0 Å². The summed E-state index contributed by atoms with van der Waals surface area (Å²) in [6.45, 7) is 0.569. The summed E-state index contributed by atoms with van der Waals surface area (Å²) in [7, 11) is 1.38. The third-order valence-corrected chi connectivity index (χ3v) is 3.49. The van der Waals surface area contributed by atoms with E-state index < -0.39 is 11.9 Å². The molecule has 0 radical (unpaired) electrons. The van der Waals surface area contributed by atoms with Crippen LogP contribution in [0.4, 0.5) is 4.39 Å². The van der Waals surface area contributed by atoms with Gasteiger partial charge in [0, 0.05) is 12.7 Å². The summed E-state index contributed by atoms with van der Waals surface area (Å²) in [5.41, 5.74) is 1.22. The number of hydrogen-bond acceptors (Lipinski definition) is 3. The van der Waals surface area contributed by atoms with Crippen molar-refractivity contribution in [3.8, 4) is 17.0 Å². The Morgan fingerprint density at radius 1 is 1.52 bits per heavy atom. The van der Waals surface area contributed by atoms with Gasteiger partial charge in [0.15, 0.2) is 5.75 Å². The number of nitrogens with zero attached hydrogens (tertiary/aromatic N) is 2. The maximum Gasteiger partial charge on any atom is 0.341 e. The Morgan fingerprint density at radius 2 is 2.33 bits per heavy atom. The van der Waals surface area contributed by atoms with Gasteiger partial charge in [-0.1, -0.05) is 6.08 Å². The first-order valence-corrected chi connectivity index (χ1v) is 6.46. The van der Waals surface area contributed by atoms with E-state index in [9.17, 15) is 14.3 Å². The van der Waals surface area contributed by atoms with Gasteiger partial charge >= 0.3 is 5.97 Å². The van der Waals surface area contributed by atoms with Crippen molar-refractivity contribution < 1.29 is 19.0 Å². The number of pyridine rings is 1. The van der Waals surface area contributed by atoms with Crippen molar-refractivity contribution in [2.45, 2.75) is 13.0 Å². The lowest BCUT2D eigenvalue weighted by molar-refractivity contribution is 0.0693. The number of halogens is 1. The van der Waals surface area contributed by atoms with E-state index >= 15 is 0 Å². The number of aromatic carboxylic acids is 1. The van der Waals surface area contributed by atoms with E-state index in [4.69, 9.17) is 4.74 Å². The molecule has 5 nitrogen and oxygen atoms in total. The lowest BCUT2D eigenvalue weighted by atomic mass is 10.1. The molecule has 1 N–H and O–H groups in total. The maximum atomic E-state index is 14.0. The lowest BCUT2D eigenvalue weighted by Crippen LogP contribution is -2.08. The Kier molecular flexibility index (Phi) is 3.21. The molecular formula is C15H13FN2O3. The normalized spacial score (nSPS) is 13.0. The maximum absolute atomic E-state index is 14.0. The number of fused-ring (bicyclic) bond motifs is 1. The Balaban J connectivity index is 2.38. The average Bonchev–Trinajstić information content (AvgIpc) is 2.82. The Hall–Kier alpha value is -2.63. The van der Waals surface area contributed by atoms with Crippen LogP contribution in [0.3, 0.4) is 0 Å². The molecule has 0 aromatic carbocycles. The van der Waals surface area contributed by atoms with Gasteiger partial charge < -0.3 is 14.4 Å². The standard InChI is InChI=1S/C15H13FN2O3/c1-21-13-11(15(19)20)10-6-2-3-8-18(10)12(13)9-5-4-7-17-14(9)16/h2,4-7H,3,8H2,1H3,(H,19,20). The summed E-state index contributed by atoms with van der Waals surface area (Å²) in [6, 6.07) is 3.17. The summed E-state index contributed by atoms with van der Waals surface area (Å²) in [6.07, 6.45) is 5.72. The molecule has 3 heterocycles. The van der Waals surface area contributed by atoms with Crippen LogP contribution in [0.1, 0.15) is 22.5 Å². The van der Waals surface area contributed by atoms with E-state index in [1.165, 1.54) is 13.3 Å². The van der Waals surface area contributed by atoms with Crippen LogP contribution in [0.15, 0.2) is 24.4 Å². The predicted molar refractivity (Wildman–Crippen MR) is 74.8 cm³/mol. The number of carboxylic acids is 1. The minimum atomic E-state index is -1.10. The molecule has 0 fully saturated rings. The molecule has 3 rings (SSSR count). The van der Waals surface area contributed by atoms with Gasteiger partial charge in [-0.25, -0.2) is 9.78 Å². The van der Waals surface area contributed by atoms with Crippen LogP contribution in [0.5, 0.6) is 5.75 Å². The largest absolute Gasteiger partial charge is 0.494 e. The molecule has 0 saturated heterocycles.